The van der Waals surface area contributed by atoms with E-state index in [1.54, 1.807) is 12.1 Å². The van der Waals surface area contributed by atoms with Crippen molar-refractivity contribution in [2.75, 3.05) is 39.3 Å². The second-order valence-electron chi connectivity index (χ2n) is 8.34. The number of ether oxygens (including phenoxy) is 1. The summed E-state index contributed by atoms with van der Waals surface area (Å²) in [6.07, 6.45) is 6.40. The van der Waals surface area contributed by atoms with Gasteiger partial charge in [0.25, 0.3) is 5.56 Å². The molecule has 0 bridgehead atoms. The first-order valence-corrected chi connectivity index (χ1v) is 11.9. The third-order valence-electron chi connectivity index (χ3n) is 6.12. The number of fused-ring (bicyclic) bond motifs is 1. The summed E-state index contributed by atoms with van der Waals surface area (Å²) in [5, 5.41) is 0. The lowest BCUT2D eigenvalue weighted by Gasteiger charge is -2.15. The van der Waals surface area contributed by atoms with Gasteiger partial charge in [0.2, 0.25) is 0 Å². The summed E-state index contributed by atoms with van der Waals surface area (Å²) < 4.78 is 22.3. The van der Waals surface area contributed by atoms with E-state index in [2.05, 4.69) is 14.8 Å². The van der Waals surface area contributed by atoms with Crippen molar-refractivity contribution in [3.8, 4) is 11.4 Å². The molecule has 2 fully saturated rings. The molecule has 2 saturated heterocycles. The maximum absolute atomic E-state index is 14.6. The first kappa shape index (κ1) is 20.6. The standard InChI is InChI=1S/C23H27FN4O2S/c24-19-13-17(5-6-21(19)30-12-11-26-7-1-2-8-26)28-16-25-20-14-18(31-22(20)23(28)29)15-27-9-3-4-10-27/h5-6,13-14,16H,1-4,7-12,15H2. The molecule has 6 nitrogen and oxygen atoms in total. The van der Waals surface area contributed by atoms with E-state index in [0.29, 0.717) is 22.5 Å². The number of halogens is 1. The monoisotopic (exact) mass is 442 g/mol. The number of hydrogen-bond donors (Lipinski definition) is 0. The number of hydrogen-bond acceptors (Lipinski definition) is 6. The first-order chi connectivity index (χ1) is 15.2. The van der Waals surface area contributed by atoms with Gasteiger partial charge in [0.1, 0.15) is 17.6 Å². The molecule has 0 unspecified atom stereocenters. The summed E-state index contributed by atoms with van der Waals surface area (Å²) in [4.78, 5) is 23.4. The van der Waals surface area contributed by atoms with Crippen LogP contribution in [0.4, 0.5) is 4.39 Å². The van der Waals surface area contributed by atoms with Crippen molar-refractivity contribution in [1.29, 1.82) is 0 Å². The molecule has 31 heavy (non-hydrogen) atoms. The normalized spacial score (nSPS) is 17.7. The van der Waals surface area contributed by atoms with Crippen LogP contribution >= 0.6 is 11.3 Å². The van der Waals surface area contributed by atoms with Crippen LogP contribution in [0.2, 0.25) is 0 Å². The SMILES string of the molecule is O=c1c2sc(CN3CCCC3)cc2ncn1-c1ccc(OCCN2CCCC2)c(F)c1. The van der Waals surface area contributed by atoms with Crippen LogP contribution in [0, 0.1) is 5.82 Å². The Labute approximate surface area is 184 Å². The fourth-order valence-corrected chi connectivity index (χ4v) is 5.51. The zero-order valence-corrected chi connectivity index (χ0v) is 18.4. The molecule has 0 radical (unpaired) electrons. The minimum Gasteiger partial charge on any atom is -0.489 e. The molecule has 1 aromatic carbocycles. The minimum absolute atomic E-state index is 0.162. The van der Waals surface area contributed by atoms with Gasteiger partial charge in [-0.3, -0.25) is 19.2 Å². The van der Waals surface area contributed by atoms with Crippen molar-refractivity contribution >= 4 is 21.6 Å². The zero-order chi connectivity index (χ0) is 21.2. The van der Waals surface area contributed by atoms with Crippen LogP contribution in [-0.2, 0) is 6.54 Å². The topological polar surface area (TPSA) is 50.6 Å². The lowest BCUT2D eigenvalue weighted by atomic mass is 10.3. The van der Waals surface area contributed by atoms with Gasteiger partial charge >= 0.3 is 0 Å². The van der Waals surface area contributed by atoms with E-state index in [4.69, 9.17) is 4.74 Å². The van der Waals surface area contributed by atoms with Gasteiger partial charge in [0, 0.05) is 24.0 Å². The quantitative estimate of drug-likeness (QED) is 0.559. The summed E-state index contributed by atoms with van der Waals surface area (Å²) in [7, 11) is 0. The molecule has 2 aliphatic heterocycles. The van der Waals surface area contributed by atoms with Crippen LogP contribution in [0.1, 0.15) is 30.6 Å². The molecule has 0 spiro atoms. The van der Waals surface area contributed by atoms with E-state index < -0.39 is 5.82 Å². The summed E-state index contributed by atoms with van der Waals surface area (Å²) in [6, 6.07) is 6.65. The molecule has 0 N–H and O–H groups in total. The second kappa shape index (κ2) is 9.06. The van der Waals surface area contributed by atoms with Gasteiger partial charge in [0.15, 0.2) is 11.6 Å². The Morgan fingerprint density at radius 2 is 1.77 bits per heavy atom. The highest BCUT2D eigenvalue weighted by Gasteiger charge is 2.16. The molecule has 0 aliphatic carbocycles. The van der Waals surface area contributed by atoms with Crippen LogP contribution < -0.4 is 10.3 Å². The molecule has 0 atom stereocenters. The van der Waals surface area contributed by atoms with Crippen molar-refractivity contribution in [3.05, 3.63) is 51.6 Å². The average Bonchev–Trinajstić information content (AvgIpc) is 3.52. The molecular weight excluding hydrogens is 415 g/mol. The van der Waals surface area contributed by atoms with Gasteiger partial charge < -0.3 is 4.74 Å². The molecule has 8 heteroatoms. The fraction of sp³-hybridized carbons (Fsp3) is 0.478. The van der Waals surface area contributed by atoms with Gasteiger partial charge in [-0.2, -0.15) is 0 Å². The van der Waals surface area contributed by atoms with Crippen LogP contribution in [0.3, 0.4) is 0 Å². The summed E-state index contributed by atoms with van der Waals surface area (Å²) in [5.74, 6) is -0.249. The molecule has 5 rings (SSSR count). The third kappa shape index (κ3) is 4.51. The van der Waals surface area contributed by atoms with Crippen molar-refractivity contribution in [2.24, 2.45) is 0 Å². The Bertz CT molecular complexity index is 1120. The van der Waals surface area contributed by atoms with E-state index >= 15 is 0 Å². The Kier molecular flexibility index (Phi) is 6.02. The van der Waals surface area contributed by atoms with Gasteiger partial charge in [-0.05, 0) is 70.1 Å². The largest absolute Gasteiger partial charge is 0.489 e. The van der Waals surface area contributed by atoms with Crippen LogP contribution in [0.15, 0.2) is 35.4 Å². The van der Waals surface area contributed by atoms with Gasteiger partial charge in [0.05, 0.1) is 11.2 Å². The summed E-state index contributed by atoms with van der Waals surface area (Å²) >= 11 is 1.49. The molecular formula is C23H27FN4O2S. The Morgan fingerprint density at radius 3 is 2.52 bits per heavy atom. The second-order valence-corrected chi connectivity index (χ2v) is 9.48. The molecule has 4 heterocycles. The first-order valence-electron chi connectivity index (χ1n) is 11.0. The zero-order valence-electron chi connectivity index (χ0n) is 17.6. The van der Waals surface area contributed by atoms with E-state index in [0.717, 1.165) is 44.1 Å². The Hall–Kier alpha value is -2.29. The van der Waals surface area contributed by atoms with Crippen LogP contribution in [0.5, 0.6) is 5.75 Å². The molecule has 2 aromatic heterocycles. The Morgan fingerprint density at radius 1 is 1.03 bits per heavy atom. The molecule has 3 aromatic rings. The lowest BCUT2D eigenvalue weighted by molar-refractivity contribution is 0.231. The number of aromatic nitrogens is 2. The lowest BCUT2D eigenvalue weighted by Crippen LogP contribution is -2.25. The highest BCUT2D eigenvalue weighted by molar-refractivity contribution is 7.18. The maximum atomic E-state index is 14.6. The van der Waals surface area contributed by atoms with Gasteiger partial charge in [-0.15, -0.1) is 11.3 Å². The number of nitrogens with zero attached hydrogens (tertiary/aromatic N) is 4. The molecule has 0 saturated carbocycles. The van der Waals surface area contributed by atoms with Crippen LogP contribution in [0.25, 0.3) is 15.9 Å². The predicted molar refractivity (Wildman–Crippen MR) is 121 cm³/mol. The van der Waals surface area contributed by atoms with Gasteiger partial charge in [-0.25, -0.2) is 9.37 Å². The Balaban J connectivity index is 1.32. The third-order valence-corrected chi connectivity index (χ3v) is 7.22. The van der Waals surface area contributed by atoms with E-state index in [1.165, 1.54) is 54.0 Å². The molecule has 0 amide bonds. The number of thiophene rings is 1. The van der Waals surface area contributed by atoms with Crippen molar-refractivity contribution < 1.29 is 9.13 Å². The molecule has 164 valence electrons. The van der Waals surface area contributed by atoms with E-state index in [-0.39, 0.29) is 11.3 Å². The molecule has 2 aliphatic rings. The van der Waals surface area contributed by atoms with E-state index in [9.17, 15) is 9.18 Å². The maximum Gasteiger partial charge on any atom is 0.275 e. The van der Waals surface area contributed by atoms with Gasteiger partial charge in [-0.1, -0.05) is 0 Å². The van der Waals surface area contributed by atoms with Crippen molar-refractivity contribution in [3.63, 3.8) is 0 Å². The van der Waals surface area contributed by atoms with E-state index in [1.807, 2.05) is 6.07 Å². The number of likely N-dealkylation sites (tertiary alicyclic amines) is 2. The fourth-order valence-electron chi connectivity index (χ4n) is 4.43. The number of benzene rings is 1. The highest BCUT2D eigenvalue weighted by atomic mass is 32.1. The van der Waals surface area contributed by atoms with Crippen molar-refractivity contribution in [2.45, 2.75) is 32.2 Å². The van der Waals surface area contributed by atoms with Crippen molar-refractivity contribution in [1.82, 2.24) is 19.4 Å². The minimum atomic E-state index is -0.466. The highest BCUT2D eigenvalue weighted by Crippen LogP contribution is 2.25. The average molecular weight is 443 g/mol. The number of rotatable bonds is 7. The van der Waals surface area contributed by atoms with Crippen LogP contribution in [-0.4, -0.2) is 58.7 Å². The summed E-state index contributed by atoms with van der Waals surface area (Å²) in [5.41, 5.74) is 1.01. The summed E-state index contributed by atoms with van der Waals surface area (Å²) in [6.45, 7) is 6.52. The smallest absolute Gasteiger partial charge is 0.275 e. The predicted octanol–water partition coefficient (Wildman–Crippen LogP) is 3.66.